The summed E-state index contributed by atoms with van der Waals surface area (Å²) in [5.74, 6) is 3.03. The Balaban J connectivity index is 1.38. The Morgan fingerprint density at radius 3 is 2.27 bits per heavy atom. The zero-order chi connectivity index (χ0) is 24.1. The molecule has 3 nitrogen and oxygen atoms in total. The predicted molar refractivity (Wildman–Crippen MR) is 134 cm³/mol. The quantitative estimate of drug-likeness (QED) is 0.253. The maximum absolute atomic E-state index is 10.8. The van der Waals surface area contributed by atoms with Crippen molar-refractivity contribution in [3.8, 4) is 0 Å². The molecule has 33 heavy (non-hydrogen) atoms. The van der Waals surface area contributed by atoms with E-state index >= 15 is 0 Å². The van der Waals surface area contributed by atoms with Gasteiger partial charge in [-0.3, -0.25) is 5.26 Å². The number of fused-ring (bicyclic) bond motifs is 2. The Kier molecular flexibility index (Phi) is 5.40. The third kappa shape index (κ3) is 3.03. The van der Waals surface area contributed by atoms with Crippen molar-refractivity contribution in [2.75, 3.05) is 0 Å². The van der Waals surface area contributed by atoms with Crippen LogP contribution in [0.2, 0.25) is 0 Å². The van der Waals surface area contributed by atoms with E-state index in [1.54, 1.807) is 0 Å². The molecule has 188 valence electrons. The molecular formula is C30H50O3. The van der Waals surface area contributed by atoms with Gasteiger partial charge in [-0.2, -0.15) is 0 Å². The van der Waals surface area contributed by atoms with Crippen LogP contribution in [-0.2, 0) is 4.89 Å². The fourth-order valence-corrected chi connectivity index (χ4v) is 11.1. The Morgan fingerprint density at radius 1 is 0.909 bits per heavy atom. The number of allylic oxidation sites excluding steroid dienone is 1. The van der Waals surface area contributed by atoms with Gasteiger partial charge in [-0.25, -0.2) is 4.89 Å². The highest BCUT2D eigenvalue weighted by Crippen LogP contribution is 2.89. The summed E-state index contributed by atoms with van der Waals surface area (Å²) in [6, 6.07) is 0. The summed E-state index contributed by atoms with van der Waals surface area (Å²) in [7, 11) is 0. The second-order valence-corrected chi connectivity index (χ2v) is 14.8. The minimum absolute atomic E-state index is 0.0828. The Labute approximate surface area is 202 Å². The molecule has 0 aromatic heterocycles. The fourth-order valence-electron chi connectivity index (χ4n) is 11.1. The first-order chi connectivity index (χ1) is 15.3. The van der Waals surface area contributed by atoms with E-state index in [9.17, 15) is 5.11 Å². The summed E-state index contributed by atoms with van der Waals surface area (Å²) < 4.78 is 0. The van der Waals surface area contributed by atoms with Gasteiger partial charge in [-0.15, -0.1) is 0 Å². The van der Waals surface area contributed by atoms with Crippen LogP contribution in [0.4, 0.5) is 0 Å². The molecule has 5 aliphatic carbocycles. The number of hydrogen-bond acceptors (Lipinski definition) is 3. The first kappa shape index (κ1) is 24.3. The van der Waals surface area contributed by atoms with Crippen LogP contribution < -0.4 is 0 Å². The fraction of sp³-hybridized carbons (Fsp3) is 0.933. The predicted octanol–water partition coefficient (Wildman–Crippen LogP) is 7.64. The van der Waals surface area contributed by atoms with Gasteiger partial charge >= 0.3 is 0 Å². The van der Waals surface area contributed by atoms with Gasteiger partial charge in [0.1, 0.15) is 5.60 Å². The van der Waals surface area contributed by atoms with Crippen molar-refractivity contribution in [1.82, 2.24) is 0 Å². The molecule has 0 aliphatic heterocycles. The van der Waals surface area contributed by atoms with Gasteiger partial charge in [0.2, 0.25) is 0 Å². The minimum Gasteiger partial charge on any atom is -0.393 e. The third-order valence-corrected chi connectivity index (χ3v) is 13.1. The van der Waals surface area contributed by atoms with Crippen molar-refractivity contribution in [2.24, 2.45) is 50.7 Å². The number of aliphatic hydroxyl groups excluding tert-OH is 1. The van der Waals surface area contributed by atoms with E-state index in [1.807, 2.05) is 19.9 Å². The average Bonchev–Trinajstić information content (AvgIpc) is 3.33. The SMILES string of the molecule is C[C@H](C/C=C/C(C)(C)OO)[C@H]1CC[C@@]2(C)[C@@H]3CC[C@H]4C(C)(C)[C@@H](O)CC[C@@]45C[C@@]35CC[C@]12C. The topological polar surface area (TPSA) is 49.7 Å². The zero-order valence-electron chi connectivity index (χ0n) is 22.4. The van der Waals surface area contributed by atoms with Gasteiger partial charge in [0.05, 0.1) is 6.10 Å². The largest absolute Gasteiger partial charge is 0.393 e. The molecule has 0 saturated heterocycles. The molecule has 2 N–H and O–H groups in total. The molecule has 5 fully saturated rings. The highest BCUT2D eigenvalue weighted by atomic mass is 17.1. The second-order valence-electron chi connectivity index (χ2n) is 14.8. The van der Waals surface area contributed by atoms with E-state index in [0.29, 0.717) is 27.6 Å². The highest BCUT2D eigenvalue weighted by Gasteiger charge is 2.82. The normalized spacial score (nSPS) is 51.4. The van der Waals surface area contributed by atoms with E-state index < -0.39 is 5.60 Å². The van der Waals surface area contributed by atoms with Gasteiger partial charge in [-0.1, -0.05) is 46.8 Å². The second kappa shape index (κ2) is 7.32. The monoisotopic (exact) mass is 458 g/mol. The average molecular weight is 459 g/mol. The van der Waals surface area contributed by atoms with E-state index in [1.165, 1.54) is 51.4 Å². The van der Waals surface area contributed by atoms with Crippen LogP contribution in [0.1, 0.15) is 113 Å². The Bertz CT molecular complexity index is 815. The van der Waals surface area contributed by atoms with Crippen LogP contribution in [0, 0.1) is 50.7 Å². The third-order valence-electron chi connectivity index (χ3n) is 13.1. The van der Waals surface area contributed by atoms with Crippen LogP contribution in [0.5, 0.6) is 0 Å². The molecule has 0 radical (unpaired) electrons. The standard InChI is InChI=1S/C30H50O3/c1-20(9-8-14-25(2,3)33-32)21-12-15-28(7)23-11-10-22-26(4,5)24(31)13-16-29(22)19-30(23,29)18-17-27(21,28)6/h8,14,20-24,31-32H,9-13,15-19H2,1-7H3/b14-8+/t20-,21-,22+,23+,24+,27-,28+,29-,30+/m1/s1. The van der Waals surface area contributed by atoms with Crippen molar-refractivity contribution in [2.45, 2.75) is 124 Å². The molecule has 5 aliphatic rings. The molecule has 0 heterocycles. The van der Waals surface area contributed by atoms with E-state index in [0.717, 1.165) is 30.6 Å². The van der Waals surface area contributed by atoms with Gasteiger partial charge in [0.25, 0.3) is 0 Å². The summed E-state index contributed by atoms with van der Waals surface area (Å²) in [4.78, 5) is 4.60. The maximum atomic E-state index is 10.8. The highest BCUT2D eigenvalue weighted by molar-refractivity contribution is 5.30. The van der Waals surface area contributed by atoms with Crippen LogP contribution in [0.15, 0.2) is 12.2 Å². The van der Waals surface area contributed by atoms with Crippen molar-refractivity contribution in [1.29, 1.82) is 0 Å². The van der Waals surface area contributed by atoms with Crippen molar-refractivity contribution >= 4 is 0 Å². The zero-order valence-corrected chi connectivity index (χ0v) is 22.4. The first-order valence-corrected chi connectivity index (χ1v) is 14.0. The van der Waals surface area contributed by atoms with E-state index in [4.69, 9.17) is 5.26 Å². The first-order valence-electron chi connectivity index (χ1n) is 14.0. The molecule has 3 heteroatoms. The molecule has 9 atom stereocenters. The minimum atomic E-state index is -0.606. The summed E-state index contributed by atoms with van der Waals surface area (Å²) in [5.41, 5.74) is 1.47. The van der Waals surface area contributed by atoms with Crippen LogP contribution in [0.3, 0.4) is 0 Å². The summed E-state index contributed by atoms with van der Waals surface area (Å²) in [5, 5.41) is 20.0. The van der Waals surface area contributed by atoms with Crippen molar-refractivity contribution in [3.05, 3.63) is 12.2 Å². The van der Waals surface area contributed by atoms with Crippen LogP contribution in [-0.4, -0.2) is 22.1 Å². The molecule has 5 rings (SSSR count). The van der Waals surface area contributed by atoms with Crippen molar-refractivity contribution < 1.29 is 15.3 Å². The molecule has 0 unspecified atom stereocenters. The smallest absolute Gasteiger partial charge is 0.116 e. The number of rotatable bonds is 5. The Hall–Kier alpha value is -0.380. The van der Waals surface area contributed by atoms with Gasteiger partial charge in [0, 0.05) is 0 Å². The van der Waals surface area contributed by atoms with E-state index in [-0.39, 0.29) is 11.5 Å². The van der Waals surface area contributed by atoms with Crippen LogP contribution >= 0.6 is 0 Å². The van der Waals surface area contributed by atoms with Gasteiger partial charge in [0.15, 0.2) is 0 Å². The van der Waals surface area contributed by atoms with E-state index in [2.05, 4.69) is 45.6 Å². The number of aliphatic hydroxyl groups is 1. The lowest BCUT2D eigenvalue weighted by atomic mass is 9.42. The van der Waals surface area contributed by atoms with Crippen molar-refractivity contribution in [3.63, 3.8) is 0 Å². The molecule has 0 aromatic carbocycles. The lowest BCUT2D eigenvalue weighted by Gasteiger charge is -2.63. The molecular weight excluding hydrogens is 408 g/mol. The van der Waals surface area contributed by atoms with Crippen LogP contribution in [0.25, 0.3) is 0 Å². The van der Waals surface area contributed by atoms with Gasteiger partial charge < -0.3 is 5.11 Å². The summed E-state index contributed by atoms with van der Waals surface area (Å²) in [6.45, 7) is 16.4. The maximum Gasteiger partial charge on any atom is 0.116 e. The molecule has 5 saturated carbocycles. The molecule has 0 bridgehead atoms. The molecule has 0 amide bonds. The summed E-state index contributed by atoms with van der Waals surface area (Å²) >= 11 is 0. The molecule has 2 spiro atoms. The molecule has 0 aromatic rings. The lowest BCUT2D eigenvalue weighted by molar-refractivity contribution is -0.297. The van der Waals surface area contributed by atoms with Gasteiger partial charge in [-0.05, 0) is 129 Å². The lowest BCUT2D eigenvalue weighted by Crippen LogP contribution is -2.57. The Morgan fingerprint density at radius 2 is 1.58 bits per heavy atom. The number of hydrogen-bond donors (Lipinski definition) is 2. The summed E-state index contributed by atoms with van der Waals surface area (Å²) in [6.07, 6.45) is 17.3.